The lowest BCUT2D eigenvalue weighted by Gasteiger charge is -2.32. The molecular formula is C19H27N5O. The fraction of sp³-hybridized carbons (Fsp3) is 0.632. The number of fused-ring (bicyclic) bond motifs is 1. The molecule has 134 valence electrons. The van der Waals surface area contributed by atoms with Crippen molar-refractivity contribution in [2.24, 2.45) is 5.92 Å². The van der Waals surface area contributed by atoms with Crippen LogP contribution in [0.4, 0.5) is 0 Å². The monoisotopic (exact) mass is 341 g/mol. The molecular weight excluding hydrogens is 314 g/mol. The molecule has 0 saturated carbocycles. The molecule has 2 N–H and O–H groups in total. The molecule has 1 saturated heterocycles. The molecule has 6 nitrogen and oxygen atoms in total. The van der Waals surface area contributed by atoms with Crippen LogP contribution in [-0.4, -0.2) is 44.3 Å². The zero-order valence-corrected chi connectivity index (χ0v) is 15.1. The van der Waals surface area contributed by atoms with Crippen LogP contribution in [0, 0.1) is 5.92 Å². The van der Waals surface area contributed by atoms with E-state index >= 15 is 0 Å². The van der Waals surface area contributed by atoms with Crippen molar-refractivity contribution >= 4 is 5.91 Å². The van der Waals surface area contributed by atoms with Crippen LogP contribution in [0.5, 0.6) is 0 Å². The van der Waals surface area contributed by atoms with E-state index in [0.717, 1.165) is 50.8 Å². The SMILES string of the molecule is CCc1cn[nH]c1C1CCN(C(=O)c2n[nH]c3c2CC(C)CC3)CC1. The van der Waals surface area contributed by atoms with E-state index < -0.39 is 0 Å². The minimum atomic E-state index is 0.102. The number of carbonyl (C=O) groups excluding carboxylic acids is 1. The Balaban J connectivity index is 1.45. The number of nitrogens with zero attached hydrogens (tertiary/aromatic N) is 3. The molecule has 3 heterocycles. The van der Waals surface area contributed by atoms with E-state index in [-0.39, 0.29) is 5.91 Å². The van der Waals surface area contributed by atoms with Crippen LogP contribution >= 0.6 is 0 Å². The lowest BCUT2D eigenvalue weighted by atomic mass is 9.87. The van der Waals surface area contributed by atoms with E-state index in [9.17, 15) is 4.79 Å². The third-order valence-corrected chi connectivity index (χ3v) is 5.92. The predicted octanol–water partition coefficient (Wildman–Crippen LogP) is 2.84. The fourth-order valence-electron chi connectivity index (χ4n) is 4.32. The molecule has 0 radical (unpaired) electrons. The van der Waals surface area contributed by atoms with Crippen LogP contribution in [-0.2, 0) is 19.3 Å². The summed E-state index contributed by atoms with van der Waals surface area (Å²) < 4.78 is 0. The molecule has 25 heavy (non-hydrogen) atoms. The van der Waals surface area contributed by atoms with Crippen molar-refractivity contribution in [1.82, 2.24) is 25.3 Å². The number of piperidine rings is 1. The van der Waals surface area contributed by atoms with Gasteiger partial charge in [0.1, 0.15) is 0 Å². The van der Waals surface area contributed by atoms with Crippen molar-refractivity contribution in [3.8, 4) is 0 Å². The molecule has 2 aromatic heterocycles. The van der Waals surface area contributed by atoms with Gasteiger partial charge >= 0.3 is 0 Å². The number of rotatable bonds is 3. The number of aromatic nitrogens is 4. The topological polar surface area (TPSA) is 77.7 Å². The Morgan fingerprint density at radius 2 is 2.08 bits per heavy atom. The molecule has 2 aliphatic rings. The second-order valence-corrected chi connectivity index (χ2v) is 7.61. The molecule has 0 bridgehead atoms. The lowest BCUT2D eigenvalue weighted by Crippen LogP contribution is -2.38. The molecule has 1 aliphatic carbocycles. The highest BCUT2D eigenvalue weighted by atomic mass is 16.2. The first-order chi connectivity index (χ1) is 12.2. The van der Waals surface area contributed by atoms with Crippen molar-refractivity contribution in [1.29, 1.82) is 0 Å². The van der Waals surface area contributed by atoms with Crippen LogP contribution < -0.4 is 0 Å². The Morgan fingerprint density at radius 1 is 1.28 bits per heavy atom. The van der Waals surface area contributed by atoms with E-state index in [1.54, 1.807) is 0 Å². The van der Waals surface area contributed by atoms with Gasteiger partial charge in [0.05, 0.1) is 6.20 Å². The van der Waals surface area contributed by atoms with Crippen LogP contribution in [0.1, 0.15) is 72.0 Å². The highest BCUT2D eigenvalue weighted by molar-refractivity contribution is 5.94. The first kappa shape index (κ1) is 16.4. The number of amides is 1. The maximum atomic E-state index is 13.0. The van der Waals surface area contributed by atoms with Gasteiger partial charge in [0.15, 0.2) is 5.69 Å². The minimum Gasteiger partial charge on any atom is -0.337 e. The summed E-state index contributed by atoms with van der Waals surface area (Å²) in [5, 5.41) is 14.8. The second-order valence-electron chi connectivity index (χ2n) is 7.61. The van der Waals surface area contributed by atoms with Gasteiger partial charge in [-0.2, -0.15) is 10.2 Å². The van der Waals surface area contributed by atoms with Crippen LogP contribution in [0.3, 0.4) is 0 Å². The van der Waals surface area contributed by atoms with Crippen LogP contribution in [0.15, 0.2) is 6.20 Å². The molecule has 2 aromatic rings. The number of aryl methyl sites for hydroxylation is 2. The summed E-state index contributed by atoms with van der Waals surface area (Å²) in [6.45, 7) is 6.01. The summed E-state index contributed by atoms with van der Waals surface area (Å²) >= 11 is 0. The van der Waals surface area contributed by atoms with Crippen LogP contribution in [0.25, 0.3) is 0 Å². The van der Waals surface area contributed by atoms with Gasteiger partial charge in [0.25, 0.3) is 5.91 Å². The smallest absolute Gasteiger partial charge is 0.274 e. The lowest BCUT2D eigenvalue weighted by molar-refractivity contribution is 0.0704. The number of hydrogen-bond acceptors (Lipinski definition) is 3. The third-order valence-electron chi connectivity index (χ3n) is 5.92. The molecule has 1 amide bonds. The van der Waals surface area contributed by atoms with Gasteiger partial charge in [-0.25, -0.2) is 0 Å². The highest BCUT2D eigenvalue weighted by Gasteiger charge is 2.31. The molecule has 1 aliphatic heterocycles. The first-order valence-corrected chi connectivity index (χ1v) is 9.54. The van der Waals surface area contributed by atoms with Gasteiger partial charge < -0.3 is 4.90 Å². The fourth-order valence-corrected chi connectivity index (χ4v) is 4.32. The number of aromatic amines is 2. The summed E-state index contributed by atoms with van der Waals surface area (Å²) in [6.07, 6.45) is 8.08. The Bertz CT molecular complexity index is 754. The molecule has 6 heteroatoms. The van der Waals surface area contributed by atoms with Crippen molar-refractivity contribution in [3.63, 3.8) is 0 Å². The van der Waals surface area contributed by atoms with Gasteiger partial charge in [0, 0.05) is 36.0 Å². The standard InChI is InChI=1S/C19H27N5O/c1-3-13-11-20-22-17(13)14-6-8-24(9-7-14)19(25)18-15-10-12(2)4-5-16(15)21-23-18/h11-12,14H,3-10H2,1-2H3,(H,20,22)(H,21,23). The number of carbonyl (C=O) groups is 1. The maximum Gasteiger partial charge on any atom is 0.274 e. The second kappa shape index (κ2) is 6.65. The molecule has 1 unspecified atom stereocenters. The summed E-state index contributed by atoms with van der Waals surface area (Å²) in [5.74, 6) is 1.22. The van der Waals surface area contributed by atoms with Crippen molar-refractivity contribution in [3.05, 3.63) is 34.4 Å². The molecule has 4 rings (SSSR count). The maximum absolute atomic E-state index is 13.0. The number of nitrogens with one attached hydrogen (secondary N) is 2. The molecule has 0 aromatic carbocycles. The molecule has 1 fully saturated rings. The summed E-state index contributed by atoms with van der Waals surface area (Å²) in [7, 11) is 0. The quantitative estimate of drug-likeness (QED) is 0.901. The summed E-state index contributed by atoms with van der Waals surface area (Å²) in [6, 6.07) is 0. The highest BCUT2D eigenvalue weighted by Crippen LogP contribution is 2.31. The minimum absolute atomic E-state index is 0.102. The summed E-state index contributed by atoms with van der Waals surface area (Å²) in [5.41, 5.74) is 5.56. The van der Waals surface area contributed by atoms with E-state index in [1.807, 2.05) is 11.1 Å². The molecule has 1 atom stereocenters. The van der Waals surface area contributed by atoms with Crippen molar-refractivity contribution < 1.29 is 4.79 Å². The van der Waals surface area contributed by atoms with Gasteiger partial charge in [-0.1, -0.05) is 13.8 Å². The Kier molecular flexibility index (Phi) is 4.36. The van der Waals surface area contributed by atoms with Gasteiger partial charge in [0.2, 0.25) is 0 Å². The average Bonchev–Trinajstić information content (AvgIpc) is 3.27. The average molecular weight is 341 g/mol. The van der Waals surface area contributed by atoms with Crippen molar-refractivity contribution in [2.45, 2.75) is 58.3 Å². The summed E-state index contributed by atoms with van der Waals surface area (Å²) in [4.78, 5) is 15.0. The van der Waals surface area contributed by atoms with E-state index in [0.29, 0.717) is 17.5 Å². The molecule has 0 spiro atoms. The van der Waals surface area contributed by atoms with Gasteiger partial charge in [-0.05, 0) is 50.0 Å². The number of H-pyrrole nitrogens is 2. The van der Waals surface area contributed by atoms with E-state index in [4.69, 9.17) is 0 Å². The Hall–Kier alpha value is -2.11. The Labute approximate surface area is 148 Å². The number of hydrogen-bond donors (Lipinski definition) is 2. The van der Waals surface area contributed by atoms with Gasteiger partial charge in [-0.15, -0.1) is 0 Å². The third kappa shape index (κ3) is 2.98. The Morgan fingerprint density at radius 3 is 2.84 bits per heavy atom. The van der Waals surface area contributed by atoms with Crippen molar-refractivity contribution in [2.75, 3.05) is 13.1 Å². The largest absolute Gasteiger partial charge is 0.337 e. The van der Waals surface area contributed by atoms with Gasteiger partial charge in [-0.3, -0.25) is 15.0 Å². The predicted molar refractivity (Wildman–Crippen MR) is 95.6 cm³/mol. The zero-order chi connectivity index (χ0) is 17.4. The first-order valence-electron chi connectivity index (χ1n) is 9.54. The zero-order valence-electron chi connectivity index (χ0n) is 15.1. The normalized spacial score (nSPS) is 21.4. The van der Waals surface area contributed by atoms with E-state index in [1.165, 1.54) is 23.4 Å². The van der Waals surface area contributed by atoms with E-state index in [2.05, 4.69) is 34.2 Å². The number of likely N-dealkylation sites (tertiary alicyclic amines) is 1. The van der Waals surface area contributed by atoms with Crippen LogP contribution in [0.2, 0.25) is 0 Å².